The Labute approximate surface area is 97.0 Å². The molecule has 1 spiro atoms. The van der Waals surface area contributed by atoms with Crippen LogP contribution in [0.4, 0.5) is 0 Å². The maximum absolute atomic E-state index is 11.2. The lowest BCUT2D eigenvalue weighted by molar-refractivity contribution is -0.150. The Kier molecular flexibility index (Phi) is 4.41. The van der Waals surface area contributed by atoms with E-state index in [1.54, 1.807) is 0 Å². The van der Waals surface area contributed by atoms with E-state index < -0.39 is 5.97 Å². The average Bonchev–Trinajstić information content (AvgIpc) is 2.19. The van der Waals surface area contributed by atoms with Gasteiger partial charge in [0.05, 0.1) is 5.92 Å². The standard InChI is InChI=1S/C11H19NO2.ClH/c13-10(14)9-3-1-2-4-11(9)5-7-12-8-6-11;/h9,12H,1-8H2,(H,13,14);1H. The molecular weight excluding hydrogens is 214 g/mol. The van der Waals surface area contributed by atoms with Crippen molar-refractivity contribution in [2.24, 2.45) is 11.3 Å². The summed E-state index contributed by atoms with van der Waals surface area (Å²) in [4.78, 5) is 11.2. The summed E-state index contributed by atoms with van der Waals surface area (Å²) >= 11 is 0. The van der Waals surface area contributed by atoms with Crippen LogP contribution < -0.4 is 5.32 Å². The molecule has 15 heavy (non-hydrogen) atoms. The van der Waals surface area contributed by atoms with Gasteiger partial charge in [-0.25, -0.2) is 0 Å². The second-order valence-electron chi connectivity index (χ2n) is 4.75. The summed E-state index contributed by atoms with van der Waals surface area (Å²) < 4.78 is 0. The van der Waals surface area contributed by atoms with E-state index in [-0.39, 0.29) is 23.7 Å². The van der Waals surface area contributed by atoms with Gasteiger partial charge in [-0.05, 0) is 44.2 Å². The first-order valence-electron chi connectivity index (χ1n) is 5.68. The minimum absolute atomic E-state index is 0. The third-order valence-electron chi connectivity index (χ3n) is 4.05. The summed E-state index contributed by atoms with van der Waals surface area (Å²) in [7, 11) is 0. The number of halogens is 1. The highest BCUT2D eigenvalue weighted by Crippen LogP contribution is 2.47. The zero-order valence-corrected chi connectivity index (χ0v) is 9.81. The highest BCUT2D eigenvalue weighted by Gasteiger charge is 2.44. The molecule has 1 saturated carbocycles. The first-order chi connectivity index (χ1) is 6.75. The van der Waals surface area contributed by atoms with Gasteiger partial charge in [0, 0.05) is 0 Å². The molecule has 0 amide bonds. The van der Waals surface area contributed by atoms with E-state index in [4.69, 9.17) is 0 Å². The fourth-order valence-corrected chi connectivity index (χ4v) is 3.21. The molecule has 0 radical (unpaired) electrons. The van der Waals surface area contributed by atoms with Crippen molar-refractivity contribution in [3.05, 3.63) is 0 Å². The largest absolute Gasteiger partial charge is 0.481 e. The molecule has 1 unspecified atom stereocenters. The quantitative estimate of drug-likeness (QED) is 0.729. The molecule has 1 aliphatic heterocycles. The highest BCUT2D eigenvalue weighted by atomic mass is 35.5. The minimum atomic E-state index is -0.563. The van der Waals surface area contributed by atoms with E-state index in [0.29, 0.717) is 0 Å². The van der Waals surface area contributed by atoms with Gasteiger partial charge in [0.25, 0.3) is 0 Å². The molecule has 2 aliphatic rings. The predicted octanol–water partition coefficient (Wildman–Crippen LogP) is 2.05. The van der Waals surface area contributed by atoms with Crippen molar-refractivity contribution in [3.63, 3.8) is 0 Å². The van der Waals surface area contributed by atoms with Gasteiger partial charge >= 0.3 is 5.97 Å². The molecular formula is C11H20ClNO2. The smallest absolute Gasteiger partial charge is 0.307 e. The molecule has 1 saturated heterocycles. The normalized spacial score (nSPS) is 29.5. The first kappa shape index (κ1) is 12.8. The summed E-state index contributed by atoms with van der Waals surface area (Å²) in [5.41, 5.74) is 0.134. The SMILES string of the molecule is Cl.O=C(O)C1CCCCC12CCNCC2. The van der Waals surface area contributed by atoms with E-state index in [1.807, 2.05) is 0 Å². The molecule has 2 fully saturated rings. The number of carbonyl (C=O) groups is 1. The maximum atomic E-state index is 11.2. The zero-order valence-electron chi connectivity index (χ0n) is 9.00. The van der Waals surface area contributed by atoms with Crippen molar-refractivity contribution in [1.82, 2.24) is 5.32 Å². The number of nitrogens with one attached hydrogen (secondary N) is 1. The van der Waals surface area contributed by atoms with Gasteiger partial charge in [0.2, 0.25) is 0 Å². The number of hydrogen-bond donors (Lipinski definition) is 2. The van der Waals surface area contributed by atoms with Gasteiger partial charge in [0.15, 0.2) is 0 Å². The second kappa shape index (κ2) is 5.17. The van der Waals surface area contributed by atoms with Crippen LogP contribution in [0.25, 0.3) is 0 Å². The molecule has 0 aromatic rings. The Bertz CT molecular complexity index is 218. The monoisotopic (exact) mass is 233 g/mol. The molecule has 0 aromatic carbocycles. The van der Waals surface area contributed by atoms with Crippen molar-refractivity contribution in [3.8, 4) is 0 Å². The molecule has 2 rings (SSSR count). The lowest BCUT2D eigenvalue weighted by atomic mass is 9.61. The Balaban J connectivity index is 0.00000112. The van der Waals surface area contributed by atoms with Gasteiger partial charge in [0.1, 0.15) is 0 Å². The number of hydrogen-bond acceptors (Lipinski definition) is 2. The van der Waals surface area contributed by atoms with Gasteiger partial charge in [-0.1, -0.05) is 12.8 Å². The van der Waals surface area contributed by atoms with Crippen molar-refractivity contribution >= 4 is 18.4 Å². The highest BCUT2D eigenvalue weighted by molar-refractivity contribution is 5.85. The van der Waals surface area contributed by atoms with Crippen LogP contribution in [0.5, 0.6) is 0 Å². The lowest BCUT2D eigenvalue weighted by Gasteiger charge is -2.45. The Morgan fingerprint density at radius 1 is 1.20 bits per heavy atom. The fourth-order valence-electron chi connectivity index (χ4n) is 3.21. The van der Waals surface area contributed by atoms with Crippen LogP contribution in [-0.4, -0.2) is 24.2 Å². The van der Waals surface area contributed by atoms with Crippen molar-refractivity contribution in [2.45, 2.75) is 38.5 Å². The van der Waals surface area contributed by atoms with Crippen molar-refractivity contribution < 1.29 is 9.90 Å². The average molecular weight is 234 g/mol. The lowest BCUT2D eigenvalue weighted by Crippen LogP contribution is -2.46. The van der Waals surface area contributed by atoms with E-state index >= 15 is 0 Å². The molecule has 1 heterocycles. The third-order valence-corrected chi connectivity index (χ3v) is 4.05. The van der Waals surface area contributed by atoms with Gasteiger partial charge < -0.3 is 10.4 Å². The van der Waals surface area contributed by atoms with E-state index in [9.17, 15) is 9.90 Å². The van der Waals surface area contributed by atoms with Crippen LogP contribution >= 0.6 is 12.4 Å². The maximum Gasteiger partial charge on any atom is 0.307 e. The van der Waals surface area contributed by atoms with Crippen LogP contribution in [0.2, 0.25) is 0 Å². The summed E-state index contributed by atoms with van der Waals surface area (Å²) in [5, 5.41) is 12.6. The Hall–Kier alpha value is -0.280. The van der Waals surface area contributed by atoms with Crippen LogP contribution in [0.15, 0.2) is 0 Å². The number of aliphatic carboxylic acids is 1. The van der Waals surface area contributed by atoms with E-state index in [0.717, 1.165) is 45.2 Å². The van der Waals surface area contributed by atoms with Crippen LogP contribution in [0, 0.1) is 11.3 Å². The number of piperidine rings is 1. The topological polar surface area (TPSA) is 49.3 Å². The zero-order chi connectivity index (χ0) is 10.0. The minimum Gasteiger partial charge on any atom is -0.481 e. The van der Waals surface area contributed by atoms with Crippen molar-refractivity contribution in [1.29, 1.82) is 0 Å². The van der Waals surface area contributed by atoms with Gasteiger partial charge in [-0.15, -0.1) is 12.4 Å². The number of rotatable bonds is 1. The van der Waals surface area contributed by atoms with Crippen LogP contribution in [0.3, 0.4) is 0 Å². The second-order valence-corrected chi connectivity index (χ2v) is 4.75. The molecule has 0 bridgehead atoms. The van der Waals surface area contributed by atoms with Gasteiger partial charge in [-0.2, -0.15) is 0 Å². The predicted molar refractivity (Wildman–Crippen MR) is 61.4 cm³/mol. The Morgan fingerprint density at radius 2 is 1.87 bits per heavy atom. The molecule has 3 nitrogen and oxygen atoms in total. The van der Waals surface area contributed by atoms with Crippen LogP contribution in [-0.2, 0) is 4.79 Å². The molecule has 2 N–H and O–H groups in total. The molecule has 88 valence electrons. The third kappa shape index (κ3) is 2.45. The Morgan fingerprint density at radius 3 is 2.47 bits per heavy atom. The van der Waals surface area contributed by atoms with Crippen LogP contribution in [0.1, 0.15) is 38.5 Å². The van der Waals surface area contributed by atoms with Gasteiger partial charge in [-0.3, -0.25) is 4.79 Å². The van der Waals surface area contributed by atoms with E-state index in [2.05, 4.69) is 5.32 Å². The first-order valence-corrected chi connectivity index (χ1v) is 5.68. The van der Waals surface area contributed by atoms with Crippen molar-refractivity contribution in [2.75, 3.05) is 13.1 Å². The summed E-state index contributed by atoms with van der Waals surface area (Å²) in [5.74, 6) is -0.634. The summed E-state index contributed by atoms with van der Waals surface area (Å²) in [6.07, 6.45) is 6.48. The molecule has 1 atom stereocenters. The summed E-state index contributed by atoms with van der Waals surface area (Å²) in [6.45, 7) is 2.01. The van der Waals surface area contributed by atoms with E-state index in [1.165, 1.54) is 6.42 Å². The molecule has 4 heteroatoms. The fraction of sp³-hybridized carbons (Fsp3) is 0.909. The number of carboxylic acids is 1. The molecule has 1 aliphatic carbocycles. The number of carboxylic acid groups (broad SMARTS) is 1. The molecule has 0 aromatic heterocycles. The summed E-state index contributed by atoms with van der Waals surface area (Å²) in [6, 6.07) is 0.